The average Bonchev–Trinajstić information content (AvgIpc) is 2.45. The van der Waals surface area contributed by atoms with Crippen LogP contribution in [0.2, 0.25) is 0 Å². The number of halogens is 3. The molecule has 0 aromatic heterocycles. The summed E-state index contributed by atoms with van der Waals surface area (Å²) in [4.78, 5) is 22.6. The summed E-state index contributed by atoms with van der Waals surface area (Å²) in [5.74, 6) is -2.61. The second-order valence-electron chi connectivity index (χ2n) is 4.60. The average molecular weight is 315 g/mol. The number of rotatable bonds is 6. The van der Waals surface area contributed by atoms with E-state index >= 15 is 0 Å². The Labute approximate surface area is 126 Å². The van der Waals surface area contributed by atoms with Gasteiger partial charge in [0.05, 0.1) is 7.11 Å². The molecule has 0 bridgehead atoms. The summed E-state index contributed by atoms with van der Waals surface area (Å²) in [6.45, 7) is 1.28. The fourth-order valence-electron chi connectivity index (χ4n) is 1.78. The third-order valence-electron chi connectivity index (χ3n) is 2.80. The van der Waals surface area contributed by atoms with E-state index in [2.05, 4.69) is 10.1 Å². The van der Waals surface area contributed by atoms with E-state index < -0.39 is 24.0 Å². The van der Waals surface area contributed by atoms with Gasteiger partial charge in [0.25, 0.3) is 5.78 Å². The van der Waals surface area contributed by atoms with E-state index in [1.807, 2.05) is 0 Å². The van der Waals surface area contributed by atoms with E-state index in [0.29, 0.717) is 6.08 Å². The number of carbonyl (C=O) groups excluding carboxylic acids is 2. The van der Waals surface area contributed by atoms with Gasteiger partial charge in [0.15, 0.2) is 0 Å². The van der Waals surface area contributed by atoms with Gasteiger partial charge in [-0.2, -0.15) is 13.2 Å². The van der Waals surface area contributed by atoms with Crippen molar-refractivity contribution in [2.24, 2.45) is 0 Å². The molecule has 1 rings (SSSR count). The zero-order valence-electron chi connectivity index (χ0n) is 12.1. The minimum atomic E-state index is -4.94. The first-order valence-corrected chi connectivity index (χ1v) is 6.41. The van der Waals surface area contributed by atoms with Crippen LogP contribution in [0.25, 0.3) is 0 Å². The lowest BCUT2D eigenvalue weighted by Crippen LogP contribution is -2.39. The van der Waals surface area contributed by atoms with Crippen LogP contribution in [-0.4, -0.2) is 31.1 Å². The SMILES string of the molecule is COC(=O)[C@H](Cc1ccccc1)N/C(C)=C\C(=O)C(F)(F)F. The summed E-state index contributed by atoms with van der Waals surface area (Å²) >= 11 is 0. The van der Waals surface area contributed by atoms with Crippen LogP contribution in [0, 0.1) is 0 Å². The summed E-state index contributed by atoms with van der Waals surface area (Å²) < 4.78 is 41.2. The predicted octanol–water partition coefficient (Wildman–Crippen LogP) is 2.40. The molecule has 1 aromatic rings. The Balaban J connectivity index is 2.84. The van der Waals surface area contributed by atoms with Gasteiger partial charge in [-0.15, -0.1) is 0 Å². The van der Waals surface area contributed by atoms with Gasteiger partial charge in [0.1, 0.15) is 6.04 Å². The Hall–Kier alpha value is -2.31. The Kier molecular flexibility index (Phi) is 6.15. The highest BCUT2D eigenvalue weighted by Gasteiger charge is 2.36. The van der Waals surface area contributed by atoms with Gasteiger partial charge in [-0.3, -0.25) is 4.79 Å². The summed E-state index contributed by atoms with van der Waals surface area (Å²) in [6, 6.07) is 8.02. The molecule has 0 saturated carbocycles. The van der Waals surface area contributed by atoms with Crippen molar-refractivity contribution in [1.29, 1.82) is 0 Å². The molecule has 0 aliphatic carbocycles. The second kappa shape index (κ2) is 7.63. The molecule has 0 heterocycles. The summed E-state index contributed by atoms with van der Waals surface area (Å²) in [6.07, 6.45) is -4.30. The van der Waals surface area contributed by atoms with Crippen LogP contribution in [-0.2, 0) is 20.7 Å². The molecule has 0 amide bonds. The molecule has 1 aromatic carbocycles. The molecule has 7 heteroatoms. The number of methoxy groups -OCH3 is 1. The van der Waals surface area contributed by atoms with Crippen molar-refractivity contribution < 1.29 is 27.5 Å². The minimum absolute atomic E-state index is 0.0614. The number of ketones is 1. The van der Waals surface area contributed by atoms with Crippen LogP contribution >= 0.6 is 0 Å². The normalized spacial score (nSPS) is 13.4. The third kappa shape index (κ3) is 5.59. The standard InChI is InChI=1S/C15H16F3NO3/c1-10(8-13(20)15(16,17)18)19-12(14(21)22-2)9-11-6-4-3-5-7-11/h3-8,12,19H,9H2,1-2H3/b10-8-/t12-/m0/s1. The molecule has 120 valence electrons. The molecule has 0 spiro atoms. The van der Waals surface area contributed by atoms with Crippen LogP contribution in [0.4, 0.5) is 13.2 Å². The molecule has 0 saturated heterocycles. The number of hydrogen-bond acceptors (Lipinski definition) is 4. The van der Waals surface area contributed by atoms with Gasteiger partial charge in [0, 0.05) is 18.2 Å². The van der Waals surface area contributed by atoms with Gasteiger partial charge in [-0.05, 0) is 12.5 Å². The van der Waals surface area contributed by atoms with Crippen LogP contribution in [0.15, 0.2) is 42.1 Å². The molecule has 4 nitrogen and oxygen atoms in total. The number of allylic oxidation sites excluding steroid dienone is 2. The Bertz CT molecular complexity index is 553. The quantitative estimate of drug-likeness (QED) is 0.647. The summed E-state index contributed by atoms with van der Waals surface area (Å²) in [5, 5.41) is 2.58. The monoisotopic (exact) mass is 315 g/mol. The van der Waals surface area contributed by atoms with Gasteiger partial charge < -0.3 is 10.1 Å². The topological polar surface area (TPSA) is 55.4 Å². The van der Waals surface area contributed by atoms with E-state index in [1.54, 1.807) is 30.3 Å². The lowest BCUT2D eigenvalue weighted by atomic mass is 10.1. The summed E-state index contributed by atoms with van der Waals surface area (Å²) in [5.41, 5.74) is 0.744. The number of hydrogen-bond donors (Lipinski definition) is 1. The lowest BCUT2D eigenvalue weighted by molar-refractivity contribution is -0.165. The van der Waals surface area contributed by atoms with E-state index in [9.17, 15) is 22.8 Å². The first-order valence-electron chi connectivity index (χ1n) is 6.41. The number of esters is 1. The van der Waals surface area contributed by atoms with E-state index in [1.165, 1.54) is 14.0 Å². The van der Waals surface area contributed by atoms with Crippen LogP contribution < -0.4 is 5.32 Å². The first kappa shape index (κ1) is 17.7. The molecule has 0 fully saturated rings. The largest absolute Gasteiger partial charge is 0.467 e. The Morgan fingerprint density at radius 2 is 1.86 bits per heavy atom. The molecule has 0 unspecified atom stereocenters. The first-order chi connectivity index (χ1) is 10.2. The van der Waals surface area contributed by atoms with Gasteiger partial charge in [-0.25, -0.2) is 4.79 Å². The van der Waals surface area contributed by atoms with Crippen molar-refractivity contribution in [2.75, 3.05) is 7.11 Å². The highest BCUT2D eigenvalue weighted by atomic mass is 19.4. The van der Waals surface area contributed by atoms with Crippen molar-refractivity contribution in [1.82, 2.24) is 5.32 Å². The highest BCUT2D eigenvalue weighted by molar-refractivity contribution is 5.94. The van der Waals surface area contributed by atoms with E-state index in [0.717, 1.165) is 5.56 Å². The van der Waals surface area contributed by atoms with Gasteiger partial charge in [-0.1, -0.05) is 30.3 Å². The van der Waals surface area contributed by atoms with Gasteiger partial charge >= 0.3 is 12.1 Å². The molecular formula is C15H16F3NO3. The maximum atomic E-state index is 12.2. The number of carbonyl (C=O) groups is 2. The molecule has 0 radical (unpaired) electrons. The molecule has 1 N–H and O–H groups in total. The molecule has 0 aliphatic rings. The smallest absolute Gasteiger partial charge is 0.454 e. The van der Waals surface area contributed by atoms with Crippen LogP contribution in [0.5, 0.6) is 0 Å². The van der Waals surface area contributed by atoms with Gasteiger partial charge in [0.2, 0.25) is 0 Å². The molecule has 22 heavy (non-hydrogen) atoms. The number of benzene rings is 1. The fourth-order valence-corrected chi connectivity index (χ4v) is 1.78. The van der Waals surface area contributed by atoms with Crippen molar-refractivity contribution in [2.45, 2.75) is 25.6 Å². The number of nitrogens with one attached hydrogen (secondary N) is 1. The maximum absolute atomic E-state index is 12.2. The Morgan fingerprint density at radius 1 is 1.27 bits per heavy atom. The molecular weight excluding hydrogens is 299 g/mol. The Morgan fingerprint density at radius 3 is 2.36 bits per heavy atom. The van der Waals surface area contributed by atoms with Crippen molar-refractivity contribution in [3.8, 4) is 0 Å². The highest BCUT2D eigenvalue weighted by Crippen LogP contribution is 2.17. The predicted molar refractivity (Wildman–Crippen MR) is 73.9 cm³/mol. The van der Waals surface area contributed by atoms with Crippen molar-refractivity contribution in [3.63, 3.8) is 0 Å². The maximum Gasteiger partial charge on any atom is 0.454 e. The zero-order chi connectivity index (χ0) is 16.8. The van der Waals surface area contributed by atoms with E-state index in [-0.39, 0.29) is 12.1 Å². The molecule has 1 atom stereocenters. The number of alkyl halides is 3. The second-order valence-corrected chi connectivity index (χ2v) is 4.60. The van der Waals surface area contributed by atoms with Crippen LogP contribution in [0.3, 0.4) is 0 Å². The van der Waals surface area contributed by atoms with E-state index in [4.69, 9.17) is 0 Å². The summed E-state index contributed by atoms with van der Waals surface area (Å²) in [7, 11) is 1.18. The van der Waals surface area contributed by atoms with Crippen molar-refractivity contribution in [3.05, 3.63) is 47.7 Å². The van der Waals surface area contributed by atoms with Crippen LogP contribution in [0.1, 0.15) is 12.5 Å². The van der Waals surface area contributed by atoms with Crippen molar-refractivity contribution >= 4 is 11.8 Å². The zero-order valence-corrected chi connectivity index (χ0v) is 12.1. The minimum Gasteiger partial charge on any atom is -0.467 e. The molecule has 0 aliphatic heterocycles. The fraction of sp³-hybridized carbons (Fsp3) is 0.333. The lowest BCUT2D eigenvalue weighted by Gasteiger charge is -2.18. The third-order valence-corrected chi connectivity index (χ3v) is 2.80. The number of ether oxygens (including phenoxy) is 1.